The Morgan fingerprint density at radius 2 is 2.15 bits per heavy atom. The Balaban J connectivity index is 1.97. The van der Waals surface area contributed by atoms with Crippen LogP contribution in [0.5, 0.6) is 0 Å². The molecule has 1 aliphatic rings. The zero-order valence-corrected chi connectivity index (χ0v) is 12.0. The van der Waals surface area contributed by atoms with Crippen molar-refractivity contribution < 1.29 is 8.42 Å². The monoisotopic (exact) mass is 292 g/mol. The number of rotatable bonds is 3. The molecule has 1 atom stereocenters. The van der Waals surface area contributed by atoms with Gasteiger partial charge in [-0.3, -0.25) is 4.98 Å². The number of nitrogens with zero attached hydrogens (tertiary/aromatic N) is 4. The summed E-state index contributed by atoms with van der Waals surface area (Å²) in [6.07, 6.45) is 6.36. The van der Waals surface area contributed by atoms with Crippen LogP contribution < -0.4 is 0 Å². The summed E-state index contributed by atoms with van der Waals surface area (Å²) >= 11 is 0. The van der Waals surface area contributed by atoms with Crippen molar-refractivity contribution in [1.29, 1.82) is 0 Å². The summed E-state index contributed by atoms with van der Waals surface area (Å²) in [6.45, 7) is 0.514. The number of pyridine rings is 1. The summed E-state index contributed by atoms with van der Waals surface area (Å²) < 4.78 is 28.5. The highest BCUT2D eigenvalue weighted by molar-refractivity contribution is 7.89. The lowest BCUT2D eigenvalue weighted by molar-refractivity contribution is 0.389. The lowest BCUT2D eigenvalue weighted by Gasteiger charge is -2.22. The molecule has 0 aromatic carbocycles. The average molecular weight is 292 g/mol. The molecule has 1 fully saturated rings. The lowest BCUT2D eigenvalue weighted by Crippen LogP contribution is -2.31. The molecule has 20 heavy (non-hydrogen) atoms. The quantitative estimate of drug-likeness (QED) is 0.856. The van der Waals surface area contributed by atoms with Gasteiger partial charge in [0.05, 0.1) is 18.1 Å². The third-order valence-electron chi connectivity index (χ3n) is 3.49. The molecule has 0 unspecified atom stereocenters. The van der Waals surface area contributed by atoms with Crippen molar-refractivity contribution in [3.63, 3.8) is 0 Å². The summed E-state index contributed by atoms with van der Waals surface area (Å²) in [6, 6.07) is 5.39. The van der Waals surface area contributed by atoms with Crippen molar-refractivity contribution in [2.45, 2.75) is 23.9 Å². The van der Waals surface area contributed by atoms with E-state index >= 15 is 0 Å². The van der Waals surface area contributed by atoms with E-state index < -0.39 is 10.0 Å². The maximum Gasteiger partial charge on any atom is 0.262 e. The highest BCUT2D eigenvalue weighted by Crippen LogP contribution is 2.34. The van der Waals surface area contributed by atoms with Crippen molar-refractivity contribution in [3.05, 3.63) is 42.6 Å². The summed E-state index contributed by atoms with van der Waals surface area (Å²) in [7, 11) is -1.80. The van der Waals surface area contributed by atoms with E-state index in [0.29, 0.717) is 6.54 Å². The molecule has 0 aliphatic carbocycles. The molecule has 0 N–H and O–H groups in total. The topological polar surface area (TPSA) is 68.1 Å². The molecule has 2 aromatic rings. The van der Waals surface area contributed by atoms with E-state index in [0.717, 1.165) is 18.5 Å². The van der Waals surface area contributed by atoms with Crippen molar-refractivity contribution in [2.24, 2.45) is 7.05 Å². The number of imidazole rings is 1. The molecule has 2 aromatic heterocycles. The van der Waals surface area contributed by atoms with Crippen LogP contribution in [0.3, 0.4) is 0 Å². The van der Waals surface area contributed by atoms with E-state index in [2.05, 4.69) is 9.97 Å². The van der Waals surface area contributed by atoms with Gasteiger partial charge in [-0.2, -0.15) is 4.31 Å². The van der Waals surface area contributed by atoms with Crippen LogP contribution in [-0.2, 0) is 17.1 Å². The second-order valence-corrected chi connectivity index (χ2v) is 6.74. The van der Waals surface area contributed by atoms with Gasteiger partial charge in [-0.15, -0.1) is 0 Å². The first-order valence-electron chi connectivity index (χ1n) is 6.50. The van der Waals surface area contributed by atoms with E-state index in [-0.39, 0.29) is 11.1 Å². The first-order valence-corrected chi connectivity index (χ1v) is 7.94. The molecule has 0 amide bonds. The Bertz CT molecular complexity index is 696. The van der Waals surface area contributed by atoms with E-state index in [1.807, 2.05) is 18.2 Å². The normalized spacial score (nSPS) is 20.4. The third-order valence-corrected chi connectivity index (χ3v) is 5.28. The minimum absolute atomic E-state index is 0.0998. The van der Waals surface area contributed by atoms with Gasteiger partial charge in [0.15, 0.2) is 5.03 Å². The highest BCUT2D eigenvalue weighted by atomic mass is 32.2. The lowest BCUT2D eigenvalue weighted by atomic mass is 10.1. The number of sulfonamides is 1. The largest absolute Gasteiger partial charge is 0.339 e. The molecule has 1 aliphatic heterocycles. The minimum atomic E-state index is -3.55. The predicted octanol–water partition coefficient (Wildman–Crippen LogP) is 1.34. The Kier molecular flexibility index (Phi) is 3.31. The predicted molar refractivity (Wildman–Crippen MR) is 73.3 cm³/mol. The zero-order chi connectivity index (χ0) is 14.2. The Hall–Kier alpha value is -1.73. The molecule has 3 heterocycles. The summed E-state index contributed by atoms with van der Waals surface area (Å²) in [5.74, 6) is 0. The number of aryl methyl sites for hydroxylation is 1. The Morgan fingerprint density at radius 1 is 1.30 bits per heavy atom. The molecule has 106 valence electrons. The van der Waals surface area contributed by atoms with Gasteiger partial charge < -0.3 is 4.57 Å². The smallest absolute Gasteiger partial charge is 0.262 e. The fourth-order valence-electron chi connectivity index (χ4n) is 2.54. The second kappa shape index (κ2) is 4.99. The van der Waals surface area contributed by atoms with Gasteiger partial charge in [0.2, 0.25) is 0 Å². The van der Waals surface area contributed by atoms with Gasteiger partial charge in [-0.1, -0.05) is 6.07 Å². The highest BCUT2D eigenvalue weighted by Gasteiger charge is 2.37. The summed E-state index contributed by atoms with van der Waals surface area (Å²) in [5, 5.41) is 0.0998. The van der Waals surface area contributed by atoms with Gasteiger partial charge >= 0.3 is 0 Å². The molecular weight excluding hydrogens is 276 g/mol. The SMILES string of the molecule is Cn1cnc(S(=O)(=O)N2CCC[C@H]2c2ccccn2)c1. The van der Waals surface area contributed by atoms with Gasteiger partial charge in [-0.05, 0) is 25.0 Å². The van der Waals surface area contributed by atoms with Crippen LogP contribution in [0.1, 0.15) is 24.6 Å². The molecule has 6 nitrogen and oxygen atoms in total. The molecule has 3 rings (SSSR count). The maximum atomic E-state index is 12.7. The molecule has 0 saturated carbocycles. The molecule has 0 radical (unpaired) electrons. The van der Waals surface area contributed by atoms with Crippen LogP contribution in [0.2, 0.25) is 0 Å². The zero-order valence-electron chi connectivity index (χ0n) is 11.2. The van der Waals surface area contributed by atoms with Crippen molar-refractivity contribution in [2.75, 3.05) is 6.54 Å². The van der Waals surface area contributed by atoms with Gasteiger partial charge in [-0.25, -0.2) is 13.4 Å². The fourth-order valence-corrected chi connectivity index (χ4v) is 4.18. The van der Waals surface area contributed by atoms with Crippen LogP contribution in [0.4, 0.5) is 0 Å². The van der Waals surface area contributed by atoms with Crippen LogP contribution in [0.15, 0.2) is 41.9 Å². The van der Waals surface area contributed by atoms with Gasteiger partial charge in [0.25, 0.3) is 10.0 Å². The first kappa shape index (κ1) is 13.3. The van der Waals surface area contributed by atoms with E-state index in [1.54, 1.807) is 17.8 Å². The number of hydrogen-bond acceptors (Lipinski definition) is 4. The van der Waals surface area contributed by atoms with Crippen LogP contribution in [0.25, 0.3) is 0 Å². The van der Waals surface area contributed by atoms with E-state index in [9.17, 15) is 8.42 Å². The van der Waals surface area contributed by atoms with Gasteiger partial charge in [0.1, 0.15) is 0 Å². The molecular formula is C13H16N4O2S. The molecule has 0 spiro atoms. The first-order chi connectivity index (χ1) is 9.59. The number of aromatic nitrogens is 3. The van der Waals surface area contributed by atoms with Crippen molar-refractivity contribution in [3.8, 4) is 0 Å². The number of hydrogen-bond donors (Lipinski definition) is 0. The molecule has 0 bridgehead atoms. The summed E-state index contributed by atoms with van der Waals surface area (Å²) in [4.78, 5) is 8.26. The third kappa shape index (κ3) is 2.23. The van der Waals surface area contributed by atoms with Crippen molar-refractivity contribution >= 4 is 10.0 Å². The van der Waals surface area contributed by atoms with E-state index in [1.165, 1.54) is 16.8 Å². The standard InChI is InChI=1S/C13H16N4O2S/c1-16-9-13(15-10-16)20(18,19)17-8-4-6-12(17)11-5-2-3-7-14-11/h2-3,5,7,9-10,12H,4,6,8H2,1H3/t12-/m0/s1. The van der Waals surface area contributed by atoms with Crippen molar-refractivity contribution in [1.82, 2.24) is 18.8 Å². The maximum absolute atomic E-state index is 12.7. The summed E-state index contributed by atoms with van der Waals surface area (Å²) in [5.41, 5.74) is 0.796. The van der Waals surface area contributed by atoms with Crippen LogP contribution in [-0.4, -0.2) is 33.8 Å². The Labute approximate surface area is 118 Å². The van der Waals surface area contributed by atoms with Gasteiger partial charge in [0, 0.05) is 26.0 Å². The molecule has 1 saturated heterocycles. The fraction of sp³-hybridized carbons (Fsp3) is 0.385. The van der Waals surface area contributed by atoms with E-state index in [4.69, 9.17) is 0 Å². The molecule has 7 heteroatoms. The minimum Gasteiger partial charge on any atom is -0.339 e. The second-order valence-electron chi connectivity index (χ2n) is 4.91. The Morgan fingerprint density at radius 3 is 2.80 bits per heavy atom. The van der Waals surface area contributed by atoms with Crippen LogP contribution >= 0.6 is 0 Å². The van der Waals surface area contributed by atoms with Crippen LogP contribution in [0, 0.1) is 0 Å². The average Bonchev–Trinajstić information content (AvgIpc) is 3.08.